The van der Waals surface area contributed by atoms with Gasteiger partial charge in [-0.05, 0) is 12.5 Å². The van der Waals surface area contributed by atoms with Crippen LogP contribution in [0.5, 0.6) is 0 Å². The maximum atomic E-state index is 11.9. The minimum absolute atomic E-state index is 0.144. The summed E-state index contributed by atoms with van der Waals surface area (Å²) in [6.45, 7) is 0.456. The number of likely N-dealkylation sites (tertiary alicyclic amines) is 1. The SMILES string of the molecule is O=C1CCCN1C(=O)c1cnc(Cl)c(Cl)c1. The number of carbonyl (C=O) groups is 2. The van der Waals surface area contributed by atoms with Gasteiger partial charge in [-0.2, -0.15) is 0 Å². The van der Waals surface area contributed by atoms with Crippen molar-refractivity contribution >= 4 is 35.0 Å². The summed E-state index contributed by atoms with van der Waals surface area (Å²) in [5.74, 6) is -0.523. The van der Waals surface area contributed by atoms with Crippen LogP contribution in [0.3, 0.4) is 0 Å². The lowest BCUT2D eigenvalue weighted by molar-refractivity contribution is -0.125. The molecule has 1 aliphatic heterocycles. The van der Waals surface area contributed by atoms with E-state index >= 15 is 0 Å². The highest BCUT2D eigenvalue weighted by molar-refractivity contribution is 6.41. The molecule has 1 aromatic rings. The van der Waals surface area contributed by atoms with Gasteiger partial charge >= 0.3 is 0 Å². The molecular formula is C10H8Cl2N2O2. The smallest absolute Gasteiger partial charge is 0.262 e. The number of hydrogen-bond acceptors (Lipinski definition) is 3. The zero-order valence-electron chi connectivity index (χ0n) is 8.24. The number of halogens is 2. The molecule has 0 bridgehead atoms. The Kier molecular flexibility index (Phi) is 3.12. The molecule has 1 aliphatic rings. The minimum Gasteiger partial charge on any atom is -0.278 e. The van der Waals surface area contributed by atoms with Crippen molar-refractivity contribution in [3.63, 3.8) is 0 Å². The van der Waals surface area contributed by atoms with Gasteiger partial charge in [0.1, 0.15) is 5.15 Å². The molecule has 0 N–H and O–H groups in total. The standard InChI is InChI=1S/C10H8Cl2N2O2/c11-7-4-6(5-13-9(7)12)10(16)14-3-1-2-8(14)15/h4-5H,1-3H2. The van der Waals surface area contributed by atoms with Crippen molar-refractivity contribution in [2.45, 2.75) is 12.8 Å². The van der Waals surface area contributed by atoms with Crippen LogP contribution in [0.15, 0.2) is 12.3 Å². The summed E-state index contributed by atoms with van der Waals surface area (Å²) >= 11 is 11.4. The molecule has 0 spiro atoms. The fraction of sp³-hybridized carbons (Fsp3) is 0.300. The Hall–Kier alpha value is -1.13. The van der Waals surface area contributed by atoms with E-state index in [1.807, 2.05) is 0 Å². The van der Waals surface area contributed by atoms with Gasteiger partial charge in [-0.15, -0.1) is 0 Å². The number of imide groups is 1. The predicted molar refractivity (Wildman–Crippen MR) is 59.5 cm³/mol. The Balaban J connectivity index is 2.27. The van der Waals surface area contributed by atoms with E-state index in [4.69, 9.17) is 23.2 Å². The van der Waals surface area contributed by atoms with Crippen molar-refractivity contribution in [3.8, 4) is 0 Å². The first-order chi connectivity index (χ1) is 7.59. The van der Waals surface area contributed by atoms with Crippen molar-refractivity contribution in [1.82, 2.24) is 9.88 Å². The van der Waals surface area contributed by atoms with Crippen LogP contribution in [0.25, 0.3) is 0 Å². The Morgan fingerprint density at radius 2 is 2.19 bits per heavy atom. The molecule has 2 rings (SSSR count). The van der Waals surface area contributed by atoms with Crippen LogP contribution in [0.2, 0.25) is 10.2 Å². The fourth-order valence-corrected chi connectivity index (χ4v) is 1.83. The number of rotatable bonds is 1. The first-order valence-electron chi connectivity index (χ1n) is 4.75. The number of hydrogen-bond donors (Lipinski definition) is 0. The molecule has 16 heavy (non-hydrogen) atoms. The molecule has 1 aromatic heterocycles. The first kappa shape index (κ1) is 11.4. The van der Waals surface area contributed by atoms with Gasteiger partial charge in [0.05, 0.1) is 10.6 Å². The quantitative estimate of drug-likeness (QED) is 0.573. The van der Waals surface area contributed by atoms with Gasteiger partial charge in [-0.3, -0.25) is 14.5 Å². The molecule has 4 nitrogen and oxygen atoms in total. The van der Waals surface area contributed by atoms with Gasteiger partial charge in [0, 0.05) is 19.2 Å². The molecule has 0 atom stereocenters. The second-order valence-corrected chi connectivity index (χ2v) is 4.22. The molecule has 1 fully saturated rings. The zero-order chi connectivity index (χ0) is 11.7. The third kappa shape index (κ3) is 2.03. The molecule has 2 amide bonds. The Morgan fingerprint density at radius 3 is 2.75 bits per heavy atom. The number of amides is 2. The van der Waals surface area contributed by atoms with E-state index < -0.39 is 0 Å². The highest BCUT2D eigenvalue weighted by atomic mass is 35.5. The van der Waals surface area contributed by atoms with Gasteiger partial charge in [0.15, 0.2) is 0 Å². The van der Waals surface area contributed by atoms with E-state index in [9.17, 15) is 9.59 Å². The van der Waals surface area contributed by atoms with Crippen molar-refractivity contribution in [2.75, 3.05) is 6.54 Å². The topological polar surface area (TPSA) is 50.3 Å². The summed E-state index contributed by atoms with van der Waals surface area (Å²) in [7, 11) is 0. The largest absolute Gasteiger partial charge is 0.278 e. The van der Waals surface area contributed by atoms with Gasteiger partial charge in [-0.25, -0.2) is 4.98 Å². The summed E-state index contributed by atoms with van der Waals surface area (Å²) in [5.41, 5.74) is 0.282. The second kappa shape index (κ2) is 4.39. The van der Waals surface area contributed by atoms with E-state index in [-0.39, 0.29) is 27.6 Å². The lowest BCUT2D eigenvalue weighted by atomic mass is 10.2. The third-order valence-corrected chi connectivity index (χ3v) is 3.05. The van der Waals surface area contributed by atoms with Gasteiger partial charge < -0.3 is 0 Å². The fourth-order valence-electron chi connectivity index (χ4n) is 1.56. The molecule has 6 heteroatoms. The third-order valence-electron chi connectivity index (χ3n) is 2.36. The maximum absolute atomic E-state index is 11.9. The first-order valence-corrected chi connectivity index (χ1v) is 5.51. The summed E-state index contributed by atoms with van der Waals surface area (Å²) in [6.07, 6.45) is 2.45. The maximum Gasteiger partial charge on any atom is 0.262 e. The Labute approximate surface area is 102 Å². The normalized spacial score (nSPS) is 15.6. The monoisotopic (exact) mass is 258 g/mol. The van der Waals surface area contributed by atoms with E-state index in [2.05, 4.69) is 4.98 Å². The highest BCUT2D eigenvalue weighted by Gasteiger charge is 2.27. The summed E-state index contributed by atoms with van der Waals surface area (Å²) < 4.78 is 0. The van der Waals surface area contributed by atoms with Crippen molar-refractivity contribution in [1.29, 1.82) is 0 Å². The molecule has 1 saturated heterocycles. The number of nitrogens with zero attached hydrogens (tertiary/aromatic N) is 2. The lowest BCUT2D eigenvalue weighted by Crippen LogP contribution is -2.31. The molecule has 2 heterocycles. The molecule has 0 aliphatic carbocycles. The second-order valence-electron chi connectivity index (χ2n) is 3.45. The molecule has 84 valence electrons. The van der Waals surface area contributed by atoms with Crippen molar-refractivity contribution < 1.29 is 9.59 Å². The van der Waals surface area contributed by atoms with Crippen LogP contribution in [0.1, 0.15) is 23.2 Å². The molecule has 0 unspecified atom stereocenters. The predicted octanol–water partition coefficient (Wildman–Crippen LogP) is 2.15. The van der Waals surface area contributed by atoms with Crippen LogP contribution < -0.4 is 0 Å². The van der Waals surface area contributed by atoms with Gasteiger partial charge in [0.2, 0.25) is 5.91 Å². The van der Waals surface area contributed by atoms with Gasteiger partial charge in [0.25, 0.3) is 5.91 Å². The van der Waals surface area contributed by atoms with Crippen molar-refractivity contribution in [2.24, 2.45) is 0 Å². The van der Waals surface area contributed by atoms with Crippen LogP contribution in [0, 0.1) is 0 Å². The van der Waals surface area contributed by atoms with E-state index in [0.717, 1.165) is 0 Å². The van der Waals surface area contributed by atoms with Crippen molar-refractivity contribution in [3.05, 3.63) is 28.0 Å². The number of carbonyl (C=O) groups excluding carboxylic acids is 2. The summed E-state index contributed by atoms with van der Waals surface area (Å²) in [6, 6.07) is 1.42. The summed E-state index contributed by atoms with van der Waals surface area (Å²) in [4.78, 5) is 28.2. The summed E-state index contributed by atoms with van der Waals surface area (Å²) in [5, 5.41) is 0.352. The average Bonchev–Trinajstić information content (AvgIpc) is 2.67. The molecular weight excluding hydrogens is 251 g/mol. The Bertz CT molecular complexity index is 462. The van der Waals surface area contributed by atoms with E-state index in [0.29, 0.717) is 19.4 Å². The van der Waals surface area contributed by atoms with Crippen LogP contribution >= 0.6 is 23.2 Å². The minimum atomic E-state index is -0.367. The van der Waals surface area contributed by atoms with E-state index in [1.54, 1.807) is 0 Å². The average molecular weight is 259 g/mol. The lowest BCUT2D eigenvalue weighted by Gasteiger charge is -2.13. The van der Waals surface area contributed by atoms with E-state index in [1.165, 1.54) is 17.2 Å². The van der Waals surface area contributed by atoms with Crippen LogP contribution in [-0.4, -0.2) is 28.2 Å². The van der Waals surface area contributed by atoms with Gasteiger partial charge in [-0.1, -0.05) is 23.2 Å². The zero-order valence-corrected chi connectivity index (χ0v) is 9.75. The molecule has 0 saturated carbocycles. The molecule has 0 aromatic carbocycles. The van der Waals surface area contributed by atoms with Crippen LogP contribution in [0.4, 0.5) is 0 Å². The number of aromatic nitrogens is 1. The number of pyridine rings is 1. The highest BCUT2D eigenvalue weighted by Crippen LogP contribution is 2.21. The Morgan fingerprint density at radius 1 is 1.44 bits per heavy atom. The molecule has 0 radical (unpaired) electrons. The van der Waals surface area contributed by atoms with Crippen LogP contribution in [-0.2, 0) is 4.79 Å².